The Hall–Kier alpha value is -3.94. The van der Waals surface area contributed by atoms with Gasteiger partial charge >= 0.3 is 24.1 Å². The second kappa shape index (κ2) is 20.2. The summed E-state index contributed by atoms with van der Waals surface area (Å²) in [7, 11) is 0. The molecule has 3 rings (SSSR count). The van der Waals surface area contributed by atoms with Crippen LogP contribution in [-0.4, -0.2) is 138 Å². The molecule has 0 atom stereocenters. The molecule has 0 saturated carbocycles. The molecule has 1 fully saturated rings. The molecule has 5 N–H and O–H groups in total. The number of alkyl halides is 3. The van der Waals surface area contributed by atoms with E-state index in [1.165, 1.54) is 12.1 Å². The summed E-state index contributed by atoms with van der Waals surface area (Å²) < 4.78 is 54.7. The molecule has 256 valence electrons. The third-order valence-corrected chi connectivity index (χ3v) is 6.11. The van der Waals surface area contributed by atoms with Gasteiger partial charge in [-0.2, -0.15) is 13.2 Å². The van der Waals surface area contributed by atoms with Gasteiger partial charge < -0.3 is 40.0 Å². The van der Waals surface area contributed by atoms with Gasteiger partial charge in [0.25, 0.3) is 0 Å². The standard InChI is InChI=1S/C26H37N5O8.C2HF3O2/c27-20-16-22(29-24(17-20)26(34)35)19-31-6-10-38-14-12-36-8-4-30(5-9-37-13-15-39-11-7-31)18-21-2-1-3-23(28-21)25(32)33;3-2(4,5)1(6)7/h1-3,16-17H,4-15,18-19H2,(H2,27,29)(H,32,33)(H,34,35);(H,6,7). The number of anilines is 1. The third kappa shape index (κ3) is 15.9. The van der Waals surface area contributed by atoms with Crippen LogP contribution in [-0.2, 0) is 36.8 Å². The van der Waals surface area contributed by atoms with Gasteiger partial charge in [-0.05, 0) is 24.3 Å². The Labute approximate surface area is 262 Å². The number of hydrogen-bond acceptors (Lipinski definition) is 12. The summed E-state index contributed by atoms with van der Waals surface area (Å²) in [6, 6.07) is 7.97. The number of pyridine rings is 2. The first-order chi connectivity index (χ1) is 21.8. The van der Waals surface area contributed by atoms with Crippen molar-refractivity contribution in [3.05, 3.63) is 53.1 Å². The lowest BCUT2D eigenvalue weighted by atomic mass is 10.2. The number of nitrogens with zero attached hydrogens (tertiary/aromatic N) is 4. The SMILES string of the molecule is Nc1cc(CN2CCOCCOCCN(Cc3cccc(C(=O)O)n3)CCOCCOCC2)nc(C(=O)O)c1.O=C(O)C(F)(F)F. The van der Waals surface area contributed by atoms with Gasteiger partial charge in [0, 0.05) is 45.0 Å². The maximum atomic E-state index is 11.3. The summed E-state index contributed by atoms with van der Waals surface area (Å²) in [4.78, 5) is 44.0. The molecule has 46 heavy (non-hydrogen) atoms. The highest BCUT2D eigenvalue weighted by molar-refractivity contribution is 5.86. The molecule has 0 radical (unpaired) electrons. The number of ether oxygens (including phenoxy) is 4. The van der Waals surface area contributed by atoms with Gasteiger partial charge in [0.15, 0.2) is 5.69 Å². The predicted octanol–water partition coefficient (Wildman–Crippen LogP) is 1.47. The molecule has 2 aromatic rings. The normalized spacial score (nSPS) is 17.1. The second-order valence-electron chi connectivity index (χ2n) is 9.71. The summed E-state index contributed by atoms with van der Waals surface area (Å²) in [5, 5.41) is 25.6. The first-order valence-electron chi connectivity index (χ1n) is 14.1. The molecule has 0 bridgehead atoms. The number of rotatable bonds is 6. The Balaban J connectivity index is 0.000000942. The smallest absolute Gasteiger partial charge is 0.477 e. The fourth-order valence-corrected chi connectivity index (χ4v) is 3.91. The van der Waals surface area contributed by atoms with Crippen molar-refractivity contribution in [1.29, 1.82) is 0 Å². The molecule has 18 heteroatoms. The highest BCUT2D eigenvalue weighted by Gasteiger charge is 2.38. The summed E-state index contributed by atoms with van der Waals surface area (Å²) >= 11 is 0. The van der Waals surface area contributed by atoms with E-state index in [1.54, 1.807) is 18.2 Å². The van der Waals surface area contributed by atoms with E-state index in [4.69, 9.17) is 34.6 Å². The van der Waals surface area contributed by atoms with E-state index in [-0.39, 0.29) is 11.4 Å². The number of halogens is 3. The van der Waals surface area contributed by atoms with Crippen LogP contribution in [0.5, 0.6) is 0 Å². The molecule has 0 spiro atoms. The summed E-state index contributed by atoms with van der Waals surface area (Å²) in [6.45, 7) is 6.89. The van der Waals surface area contributed by atoms with Crippen molar-refractivity contribution in [2.75, 3.05) is 84.8 Å². The zero-order valence-electron chi connectivity index (χ0n) is 25.0. The lowest BCUT2D eigenvalue weighted by Gasteiger charge is -2.23. The van der Waals surface area contributed by atoms with Crippen LogP contribution in [0.4, 0.5) is 18.9 Å². The minimum absolute atomic E-state index is 0.0171. The highest BCUT2D eigenvalue weighted by Crippen LogP contribution is 2.13. The quantitative estimate of drug-likeness (QED) is 0.346. The van der Waals surface area contributed by atoms with Crippen molar-refractivity contribution in [2.45, 2.75) is 19.3 Å². The topological polar surface area (TPSA) is 207 Å². The van der Waals surface area contributed by atoms with E-state index < -0.39 is 24.1 Å². The van der Waals surface area contributed by atoms with Gasteiger partial charge in [0.1, 0.15) is 5.69 Å². The molecule has 0 aromatic carbocycles. The summed E-state index contributed by atoms with van der Waals surface area (Å²) in [5.74, 6) is -4.94. The molecule has 3 heterocycles. The van der Waals surface area contributed by atoms with E-state index in [2.05, 4.69) is 19.8 Å². The lowest BCUT2D eigenvalue weighted by Crippen LogP contribution is -2.33. The van der Waals surface area contributed by atoms with E-state index in [9.17, 15) is 33.0 Å². The van der Waals surface area contributed by atoms with Crippen molar-refractivity contribution in [3.8, 4) is 0 Å². The average molecular weight is 662 g/mol. The second-order valence-corrected chi connectivity index (χ2v) is 9.71. The van der Waals surface area contributed by atoms with Crippen LogP contribution in [0.25, 0.3) is 0 Å². The van der Waals surface area contributed by atoms with Crippen LogP contribution in [0, 0.1) is 0 Å². The fraction of sp³-hybridized carbons (Fsp3) is 0.536. The molecule has 0 amide bonds. The van der Waals surface area contributed by atoms with E-state index in [1.807, 2.05) is 0 Å². The number of aromatic carboxylic acids is 2. The highest BCUT2D eigenvalue weighted by atomic mass is 19.4. The number of aromatic nitrogens is 2. The first-order valence-corrected chi connectivity index (χ1v) is 14.1. The third-order valence-electron chi connectivity index (χ3n) is 6.11. The minimum atomic E-state index is -5.08. The van der Waals surface area contributed by atoms with Gasteiger partial charge in [-0.1, -0.05) is 6.07 Å². The summed E-state index contributed by atoms with van der Waals surface area (Å²) in [6.07, 6.45) is -5.08. The van der Waals surface area contributed by atoms with Crippen LogP contribution in [0.3, 0.4) is 0 Å². The van der Waals surface area contributed by atoms with Crippen molar-refractivity contribution in [2.24, 2.45) is 0 Å². The van der Waals surface area contributed by atoms with Crippen LogP contribution in [0.1, 0.15) is 32.4 Å². The van der Waals surface area contributed by atoms with E-state index in [0.717, 1.165) is 0 Å². The predicted molar refractivity (Wildman–Crippen MR) is 154 cm³/mol. The Morgan fingerprint density at radius 3 is 1.52 bits per heavy atom. The average Bonchev–Trinajstić information content (AvgIpc) is 2.98. The molecule has 1 saturated heterocycles. The number of nitrogens with two attached hydrogens (primary N) is 1. The van der Waals surface area contributed by atoms with E-state index in [0.29, 0.717) is 109 Å². The first kappa shape index (κ1) is 38.2. The van der Waals surface area contributed by atoms with Crippen LogP contribution >= 0.6 is 0 Å². The van der Waals surface area contributed by atoms with Crippen molar-refractivity contribution >= 4 is 23.6 Å². The zero-order valence-corrected chi connectivity index (χ0v) is 25.0. The number of aliphatic carboxylic acids is 1. The molecule has 2 aromatic heterocycles. The molecule has 1 aliphatic rings. The molecule has 15 nitrogen and oxygen atoms in total. The van der Waals surface area contributed by atoms with Crippen LogP contribution < -0.4 is 5.73 Å². The largest absolute Gasteiger partial charge is 0.490 e. The Kier molecular flexibility index (Phi) is 16.8. The molecule has 0 aliphatic carbocycles. The maximum absolute atomic E-state index is 11.3. The number of carbonyl (C=O) groups is 3. The lowest BCUT2D eigenvalue weighted by molar-refractivity contribution is -0.192. The van der Waals surface area contributed by atoms with Gasteiger partial charge in [-0.15, -0.1) is 0 Å². The minimum Gasteiger partial charge on any atom is -0.477 e. The molecular weight excluding hydrogens is 623 g/mol. The molecule has 0 unspecified atom stereocenters. The van der Waals surface area contributed by atoms with Crippen LogP contribution in [0.2, 0.25) is 0 Å². The van der Waals surface area contributed by atoms with Gasteiger partial charge in [-0.25, -0.2) is 24.4 Å². The Bertz CT molecular complexity index is 1230. The number of carboxylic acids is 3. The Morgan fingerprint density at radius 2 is 1.11 bits per heavy atom. The molecular formula is C28H38F3N5O10. The van der Waals surface area contributed by atoms with Crippen LogP contribution in [0.15, 0.2) is 30.3 Å². The van der Waals surface area contributed by atoms with Crippen molar-refractivity contribution in [3.63, 3.8) is 0 Å². The van der Waals surface area contributed by atoms with Crippen molar-refractivity contribution in [1.82, 2.24) is 19.8 Å². The monoisotopic (exact) mass is 661 g/mol. The zero-order chi connectivity index (χ0) is 34.0. The molecule has 1 aliphatic heterocycles. The van der Waals surface area contributed by atoms with Gasteiger partial charge in [0.2, 0.25) is 0 Å². The summed E-state index contributed by atoms with van der Waals surface area (Å²) in [5.41, 5.74) is 7.38. The van der Waals surface area contributed by atoms with Gasteiger partial charge in [0.05, 0.1) is 64.2 Å². The van der Waals surface area contributed by atoms with Crippen molar-refractivity contribution < 1.29 is 61.8 Å². The van der Waals surface area contributed by atoms with Gasteiger partial charge in [-0.3, -0.25) is 9.80 Å². The number of nitrogen functional groups attached to an aromatic ring is 1. The number of hydrogen-bond donors (Lipinski definition) is 4. The fourth-order valence-electron chi connectivity index (χ4n) is 3.91. The number of carboxylic acid groups (broad SMARTS) is 3. The van der Waals surface area contributed by atoms with E-state index >= 15 is 0 Å². The Morgan fingerprint density at radius 1 is 0.696 bits per heavy atom. The maximum Gasteiger partial charge on any atom is 0.490 e.